The van der Waals surface area contributed by atoms with E-state index in [9.17, 15) is 13.8 Å². The number of rotatable bonds is 7. The van der Waals surface area contributed by atoms with Crippen LogP contribution >= 0.6 is 0 Å². The van der Waals surface area contributed by atoms with E-state index in [2.05, 4.69) is 10.6 Å². The summed E-state index contributed by atoms with van der Waals surface area (Å²) in [6.07, 6.45) is 1.45. The lowest BCUT2D eigenvalue weighted by Crippen LogP contribution is -2.49. The summed E-state index contributed by atoms with van der Waals surface area (Å²) < 4.78 is 11.0. The minimum absolute atomic E-state index is 0.0301. The van der Waals surface area contributed by atoms with E-state index < -0.39 is 28.8 Å². The summed E-state index contributed by atoms with van der Waals surface area (Å²) in [6.45, 7) is 5.44. The highest BCUT2D eigenvalue weighted by Gasteiger charge is 2.20. The van der Waals surface area contributed by atoms with Crippen molar-refractivity contribution in [3.05, 3.63) is 0 Å². The molecule has 0 aliphatic carbocycles. The maximum Gasteiger partial charge on any atom is 0.315 e. The Hall–Kier alpha value is -1.11. The van der Waals surface area contributed by atoms with Crippen LogP contribution in [0.1, 0.15) is 27.2 Å². The van der Waals surface area contributed by atoms with Gasteiger partial charge >= 0.3 is 12.0 Å². The molecule has 3 N–H and O–H groups in total. The van der Waals surface area contributed by atoms with Crippen molar-refractivity contribution in [2.75, 3.05) is 12.0 Å². The van der Waals surface area contributed by atoms with E-state index in [4.69, 9.17) is 5.11 Å². The fraction of sp³-hybridized carbons (Fsp3) is 0.818. The van der Waals surface area contributed by atoms with Gasteiger partial charge in [0.1, 0.15) is 0 Å². The monoisotopic (exact) mass is 278 g/mol. The molecular formula is C11H22N2O4S. The van der Waals surface area contributed by atoms with Crippen molar-refractivity contribution in [3.8, 4) is 0 Å². The third-order valence-corrected chi connectivity index (χ3v) is 3.35. The predicted molar refractivity (Wildman–Crippen MR) is 70.9 cm³/mol. The second kappa shape index (κ2) is 8.07. The van der Waals surface area contributed by atoms with Gasteiger partial charge < -0.3 is 15.7 Å². The lowest BCUT2D eigenvalue weighted by molar-refractivity contribution is -0.137. The van der Waals surface area contributed by atoms with Crippen LogP contribution in [0.3, 0.4) is 0 Å². The number of carbonyl (C=O) groups is 2. The zero-order chi connectivity index (χ0) is 14.3. The van der Waals surface area contributed by atoms with Crippen molar-refractivity contribution in [1.82, 2.24) is 10.6 Å². The first-order chi connectivity index (χ1) is 8.22. The highest BCUT2D eigenvalue weighted by molar-refractivity contribution is 7.84. The molecule has 0 aromatic rings. The molecule has 0 radical (unpaired) electrons. The molecule has 0 saturated heterocycles. The van der Waals surface area contributed by atoms with Crippen LogP contribution in [0.5, 0.6) is 0 Å². The number of hydrogen-bond acceptors (Lipinski definition) is 3. The van der Waals surface area contributed by atoms with Crippen molar-refractivity contribution in [2.45, 2.75) is 39.3 Å². The maximum atomic E-state index is 11.6. The van der Waals surface area contributed by atoms with E-state index in [1.165, 1.54) is 0 Å². The first-order valence-electron chi connectivity index (χ1n) is 5.81. The summed E-state index contributed by atoms with van der Waals surface area (Å²) in [5.41, 5.74) is 0. The number of nitrogens with one attached hydrogen (secondary N) is 2. The average molecular weight is 278 g/mol. The molecule has 0 rings (SSSR count). The van der Waals surface area contributed by atoms with Gasteiger partial charge in [-0.25, -0.2) is 4.79 Å². The molecule has 6 nitrogen and oxygen atoms in total. The molecule has 106 valence electrons. The molecule has 0 bridgehead atoms. The number of carboxylic acids is 1. The van der Waals surface area contributed by atoms with Crippen molar-refractivity contribution >= 4 is 22.8 Å². The van der Waals surface area contributed by atoms with Gasteiger partial charge in [0.25, 0.3) is 0 Å². The molecule has 3 atom stereocenters. The van der Waals surface area contributed by atoms with Gasteiger partial charge in [0.05, 0.1) is 6.42 Å². The Bertz CT molecular complexity index is 320. The van der Waals surface area contributed by atoms with Gasteiger partial charge in [-0.1, -0.05) is 13.8 Å². The number of urea groups is 1. The highest BCUT2D eigenvalue weighted by atomic mass is 32.2. The number of carboxylic acid groups (broad SMARTS) is 1. The van der Waals surface area contributed by atoms with Crippen molar-refractivity contribution in [3.63, 3.8) is 0 Å². The normalized spacial score (nSPS) is 15.8. The largest absolute Gasteiger partial charge is 0.481 e. The summed E-state index contributed by atoms with van der Waals surface area (Å²) in [6, 6.07) is -1.05. The van der Waals surface area contributed by atoms with Crippen molar-refractivity contribution < 1.29 is 18.9 Å². The number of carbonyl (C=O) groups excluding carboxylic acids is 1. The van der Waals surface area contributed by atoms with Crippen LogP contribution in [-0.2, 0) is 15.6 Å². The Balaban J connectivity index is 4.25. The van der Waals surface area contributed by atoms with Gasteiger partial charge in [-0.05, 0) is 12.8 Å². The lowest BCUT2D eigenvalue weighted by atomic mass is 10.0. The van der Waals surface area contributed by atoms with E-state index >= 15 is 0 Å². The zero-order valence-electron chi connectivity index (χ0n) is 11.2. The first kappa shape index (κ1) is 16.9. The van der Waals surface area contributed by atoms with Gasteiger partial charge in [0, 0.05) is 34.9 Å². The third-order valence-electron chi connectivity index (χ3n) is 2.38. The summed E-state index contributed by atoms with van der Waals surface area (Å²) in [4.78, 5) is 22.3. The standard InChI is InChI=1S/C11H22N2O4S/c1-7(2)9(5-10(14)15)13-11(16)12-8(3)6-18(4)17/h7-9H,5-6H2,1-4H3,(H,14,15)(H2,12,13,16). The number of amides is 2. The molecule has 18 heavy (non-hydrogen) atoms. The van der Waals surface area contributed by atoms with E-state index in [0.717, 1.165) is 0 Å². The van der Waals surface area contributed by atoms with Crippen LogP contribution < -0.4 is 10.6 Å². The van der Waals surface area contributed by atoms with Gasteiger partial charge in [-0.2, -0.15) is 0 Å². The Kier molecular flexibility index (Phi) is 7.58. The Morgan fingerprint density at radius 1 is 1.22 bits per heavy atom. The second-order valence-corrected chi connectivity index (χ2v) is 6.19. The van der Waals surface area contributed by atoms with Crippen LogP contribution in [0.15, 0.2) is 0 Å². The van der Waals surface area contributed by atoms with Crippen LogP contribution in [0, 0.1) is 5.92 Å². The molecule has 3 unspecified atom stereocenters. The summed E-state index contributed by atoms with van der Waals surface area (Å²) in [7, 11) is -0.979. The molecule has 0 heterocycles. The predicted octanol–water partition coefficient (Wildman–Crippen LogP) is 0.552. The molecular weight excluding hydrogens is 256 g/mol. The smallest absolute Gasteiger partial charge is 0.315 e. The molecule has 0 fully saturated rings. The lowest BCUT2D eigenvalue weighted by Gasteiger charge is -2.22. The fourth-order valence-corrected chi connectivity index (χ4v) is 2.26. The first-order valence-corrected chi connectivity index (χ1v) is 7.54. The van der Waals surface area contributed by atoms with Gasteiger partial charge in [-0.3, -0.25) is 9.00 Å². The van der Waals surface area contributed by atoms with E-state index in [-0.39, 0.29) is 18.4 Å². The fourth-order valence-electron chi connectivity index (χ4n) is 1.47. The summed E-state index contributed by atoms with van der Waals surface area (Å²) >= 11 is 0. The van der Waals surface area contributed by atoms with E-state index in [0.29, 0.717) is 5.75 Å². The molecule has 0 aliphatic heterocycles. The zero-order valence-corrected chi connectivity index (χ0v) is 12.0. The Morgan fingerprint density at radius 2 is 1.78 bits per heavy atom. The minimum atomic E-state index is -0.979. The van der Waals surface area contributed by atoms with Crippen LogP contribution in [0.2, 0.25) is 0 Å². The quantitative estimate of drug-likeness (QED) is 0.634. The minimum Gasteiger partial charge on any atom is -0.481 e. The number of hydrogen-bond donors (Lipinski definition) is 3. The molecule has 0 aromatic heterocycles. The third kappa shape index (κ3) is 8.05. The average Bonchev–Trinajstić information content (AvgIpc) is 2.13. The summed E-state index contributed by atoms with van der Waals surface area (Å²) in [5, 5.41) is 14.0. The van der Waals surface area contributed by atoms with Crippen molar-refractivity contribution in [2.24, 2.45) is 5.92 Å². The van der Waals surface area contributed by atoms with Gasteiger partial charge in [0.2, 0.25) is 0 Å². The molecule has 0 spiro atoms. The molecule has 0 saturated carbocycles. The summed E-state index contributed by atoms with van der Waals surface area (Å²) in [5.74, 6) is -0.544. The topological polar surface area (TPSA) is 95.5 Å². The van der Waals surface area contributed by atoms with Crippen LogP contribution in [0.4, 0.5) is 4.79 Å². The SMILES string of the molecule is CC(CS(C)=O)NC(=O)NC(CC(=O)O)C(C)C. The molecule has 7 heteroatoms. The molecule has 0 aliphatic rings. The van der Waals surface area contributed by atoms with Crippen LogP contribution in [0.25, 0.3) is 0 Å². The second-order valence-electron chi connectivity index (χ2n) is 4.71. The Morgan fingerprint density at radius 3 is 2.17 bits per heavy atom. The molecule has 0 aromatic carbocycles. The van der Waals surface area contributed by atoms with E-state index in [1.54, 1.807) is 13.2 Å². The molecule has 2 amide bonds. The maximum absolute atomic E-state index is 11.6. The van der Waals surface area contributed by atoms with Crippen molar-refractivity contribution in [1.29, 1.82) is 0 Å². The van der Waals surface area contributed by atoms with E-state index in [1.807, 2.05) is 13.8 Å². The van der Waals surface area contributed by atoms with Crippen LogP contribution in [-0.4, -0.2) is 45.4 Å². The Labute approximate surface area is 110 Å². The highest BCUT2D eigenvalue weighted by Crippen LogP contribution is 2.05. The van der Waals surface area contributed by atoms with Gasteiger partial charge in [0.15, 0.2) is 0 Å². The number of aliphatic carboxylic acids is 1. The van der Waals surface area contributed by atoms with Gasteiger partial charge in [-0.15, -0.1) is 0 Å².